The SMILES string of the molecule is CC(C)COCCC(=O)Nc1ccc(OCCCF)cc1. The summed E-state index contributed by atoms with van der Waals surface area (Å²) >= 11 is 0. The zero-order valence-electron chi connectivity index (χ0n) is 12.7. The van der Waals surface area contributed by atoms with E-state index in [2.05, 4.69) is 19.2 Å². The normalized spacial score (nSPS) is 10.7. The average molecular weight is 297 g/mol. The molecule has 21 heavy (non-hydrogen) atoms. The van der Waals surface area contributed by atoms with Gasteiger partial charge in [-0.3, -0.25) is 9.18 Å². The van der Waals surface area contributed by atoms with Crippen molar-refractivity contribution >= 4 is 11.6 Å². The van der Waals surface area contributed by atoms with E-state index in [0.717, 1.165) is 0 Å². The highest BCUT2D eigenvalue weighted by Crippen LogP contribution is 2.16. The third-order valence-corrected chi connectivity index (χ3v) is 2.61. The number of halogens is 1. The average Bonchev–Trinajstić information content (AvgIpc) is 2.45. The summed E-state index contributed by atoms with van der Waals surface area (Å²) in [4.78, 5) is 11.7. The van der Waals surface area contributed by atoms with Crippen LogP contribution in [-0.4, -0.2) is 32.4 Å². The molecular formula is C16H24FNO3. The van der Waals surface area contributed by atoms with Crippen molar-refractivity contribution in [2.24, 2.45) is 5.92 Å². The molecule has 0 spiro atoms. The number of hydrogen-bond donors (Lipinski definition) is 1. The molecule has 0 unspecified atom stereocenters. The minimum absolute atomic E-state index is 0.0788. The monoisotopic (exact) mass is 297 g/mol. The minimum Gasteiger partial charge on any atom is -0.493 e. The Morgan fingerprint density at radius 3 is 2.57 bits per heavy atom. The standard InChI is InChI=1S/C16H24FNO3/c1-13(2)12-20-11-8-16(19)18-14-4-6-15(7-5-14)21-10-3-9-17/h4-7,13H,3,8-12H2,1-2H3,(H,18,19). The molecule has 0 bridgehead atoms. The molecule has 1 N–H and O–H groups in total. The van der Waals surface area contributed by atoms with Gasteiger partial charge in [0.25, 0.3) is 0 Å². The van der Waals surface area contributed by atoms with Crippen LogP contribution in [0.15, 0.2) is 24.3 Å². The predicted molar refractivity (Wildman–Crippen MR) is 81.4 cm³/mol. The Hall–Kier alpha value is -1.62. The van der Waals surface area contributed by atoms with Gasteiger partial charge in [-0.25, -0.2) is 0 Å². The van der Waals surface area contributed by atoms with Gasteiger partial charge in [0.1, 0.15) is 5.75 Å². The fourth-order valence-corrected chi connectivity index (χ4v) is 1.59. The van der Waals surface area contributed by atoms with Crippen LogP contribution in [0.25, 0.3) is 0 Å². The highest BCUT2D eigenvalue weighted by atomic mass is 19.1. The van der Waals surface area contributed by atoms with E-state index in [9.17, 15) is 9.18 Å². The second kappa shape index (κ2) is 10.2. The van der Waals surface area contributed by atoms with Crippen molar-refractivity contribution in [2.75, 3.05) is 31.8 Å². The molecular weight excluding hydrogens is 273 g/mol. The first-order chi connectivity index (χ1) is 10.1. The van der Waals surface area contributed by atoms with E-state index in [1.807, 2.05) is 0 Å². The first kappa shape index (κ1) is 17.4. The molecule has 1 amide bonds. The van der Waals surface area contributed by atoms with Crippen molar-refractivity contribution in [1.29, 1.82) is 0 Å². The number of carbonyl (C=O) groups excluding carboxylic acids is 1. The summed E-state index contributed by atoms with van der Waals surface area (Å²) in [6, 6.07) is 7.03. The van der Waals surface area contributed by atoms with Gasteiger partial charge in [-0.15, -0.1) is 0 Å². The lowest BCUT2D eigenvalue weighted by Gasteiger charge is -2.09. The smallest absolute Gasteiger partial charge is 0.226 e. The van der Waals surface area contributed by atoms with E-state index in [4.69, 9.17) is 9.47 Å². The molecule has 0 atom stereocenters. The van der Waals surface area contributed by atoms with Crippen molar-refractivity contribution in [2.45, 2.75) is 26.7 Å². The number of alkyl halides is 1. The van der Waals surface area contributed by atoms with Gasteiger partial charge in [0.2, 0.25) is 5.91 Å². The first-order valence-electron chi connectivity index (χ1n) is 7.28. The number of hydrogen-bond acceptors (Lipinski definition) is 3. The second-order valence-electron chi connectivity index (χ2n) is 5.18. The van der Waals surface area contributed by atoms with Gasteiger partial charge < -0.3 is 14.8 Å². The number of amides is 1. The Morgan fingerprint density at radius 1 is 1.24 bits per heavy atom. The molecule has 118 valence electrons. The quantitative estimate of drug-likeness (QED) is 0.673. The van der Waals surface area contributed by atoms with Crippen LogP contribution < -0.4 is 10.1 Å². The maximum atomic E-state index is 11.9. The first-order valence-corrected chi connectivity index (χ1v) is 7.28. The van der Waals surface area contributed by atoms with Gasteiger partial charge in [0, 0.05) is 18.7 Å². The second-order valence-corrected chi connectivity index (χ2v) is 5.18. The number of benzene rings is 1. The van der Waals surface area contributed by atoms with Crippen molar-refractivity contribution < 1.29 is 18.7 Å². The Labute approximate surface area is 125 Å². The number of ether oxygens (including phenoxy) is 2. The Morgan fingerprint density at radius 2 is 1.95 bits per heavy atom. The third kappa shape index (κ3) is 8.30. The Balaban J connectivity index is 2.26. The number of rotatable bonds is 10. The van der Waals surface area contributed by atoms with Gasteiger partial charge >= 0.3 is 0 Å². The van der Waals surface area contributed by atoms with Crippen LogP contribution >= 0.6 is 0 Å². The van der Waals surface area contributed by atoms with Crippen LogP contribution in [0.1, 0.15) is 26.7 Å². The van der Waals surface area contributed by atoms with E-state index in [1.54, 1.807) is 24.3 Å². The molecule has 1 aromatic carbocycles. The van der Waals surface area contributed by atoms with Crippen molar-refractivity contribution in [3.63, 3.8) is 0 Å². The molecule has 1 rings (SSSR count). The van der Waals surface area contributed by atoms with Gasteiger partial charge in [-0.1, -0.05) is 13.8 Å². The highest BCUT2D eigenvalue weighted by Gasteiger charge is 2.03. The van der Waals surface area contributed by atoms with Crippen LogP contribution in [0.4, 0.5) is 10.1 Å². The molecule has 0 heterocycles. The molecule has 5 heteroatoms. The molecule has 4 nitrogen and oxygen atoms in total. The maximum Gasteiger partial charge on any atom is 0.226 e. The van der Waals surface area contributed by atoms with Crippen LogP contribution in [0.5, 0.6) is 5.75 Å². The Bertz CT molecular complexity index is 406. The molecule has 0 saturated heterocycles. The lowest BCUT2D eigenvalue weighted by atomic mass is 10.2. The zero-order valence-corrected chi connectivity index (χ0v) is 12.7. The lowest BCUT2D eigenvalue weighted by Crippen LogP contribution is -2.15. The maximum absolute atomic E-state index is 11.9. The predicted octanol–water partition coefficient (Wildman–Crippen LogP) is 3.43. The van der Waals surface area contributed by atoms with E-state index in [-0.39, 0.29) is 12.6 Å². The Kier molecular flexibility index (Phi) is 8.43. The van der Waals surface area contributed by atoms with Crippen molar-refractivity contribution in [3.8, 4) is 5.75 Å². The van der Waals surface area contributed by atoms with E-state index >= 15 is 0 Å². The van der Waals surface area contributed by atoms with Gasteiger partial charge in [-0.2, -0.15) is 0 Å². The summed E-state index contributed by atoms with van der Waals surface area (Å²) in [7, 11) is 0. The van der Waals surface area contributed by atoms with Crippen LogP contribution in [-0.2, 0) is 9.53 Å². The fraction of sp³-hybridized carbons (Fsp3) is 0.562. The summed E-state index contributed by atoms with van der Waals surface area (Å²) in [5, 5.41) is 2.79. The fourth-order valence-electron chi connectivity index (χ4n) is 1.59. The molecule has 1 aromatic rings. The van der Waals surface area contributed by atoms with E-state index in [0.29, 0.717) is 50.0 Å². The van der Waals surface area contributed by atoms with Crippen LogP contribution in [0, 0.1) is 5.92 Å². The molecule has 0 aliphatic rings. The summed E-state index contributed by atoms with van der Waals surface area (Å²) < 4.78 is 22.6. The third-order valence-electron chi connectivity index (χ3n) is 2.61. The van der Waals surface area contributed by atoms with Crippen molar-refractivity contribution in [3.05, 3.63) is 24.3 Å². The molecule has 0 aliphatic heterocycles. The molecule has 0 saturated carbocycles. The topological polar surface area (TPSA) is 47.6 Å². The van der Waals surface area contributed by atoms with Gasteiger partial charge in [0.15, 0.2) is 0 Å². The molecule has 0 aliphatic carbocycles. The highest BCUT2D eigenvalue weighted by molar-refractivity contribution is 5.90. The van der Waals surface area contributed by atoms with Crippen molar-refractivity contribution in [1.82, 2.24) is 0 Å². The summed E-state index contributed by atoms with van der Waals surface area (Å²) in [5.41, 5.74) is 0.710. The lowest BCUT2D eigenvalue weighted by molar-refractivity contribution is -0.117. The number of nitrogens with one attached hydrogen (secondary N) is 1. The zero-order chi connectivity index (χ0) is 15.5. The minimum atomic E-state index is -0.382. The van der Waals surface area contributed by atoms with E-state index < -0.39 is 0 Å². The summed E-state index contributed by atoms with van der Waals surface area (Å²) in [5.74, 6) is 1.06. The molecule has 0 radical (unpaired) electrons. The summed E-state index contributed by atoms with van der Waals surface area (Å²) in [6.45, 7) is 5.20. The molecule has 0 fully saturated rings. The van der Waals surface area contributed by atoms with Gasteiger partial charge in [-0.05, 0) is 30.2 Å². The van der Waals surface area contributed by atoms with Crippen LogP contribution in [0.3, 0.4) is 0 Å². The number of anilines is 1. The van der Waals surface area contributed by atoms with E-state index in [1.165, 1.54) is 0 Å². The largest absolute Gasteiger partial charge is 0.493 e. The van der Waals surface area contributed by atoms with Gasteiger partial charge in [0.05, 0.1) is 26.3 Å². The summed E-state index contributed by atoms with van der Waals surface area (Å²) in [6.07, 6.45) is 0.719. The molecule has 0 aromatic heterocycles. The number of carbonyl (C=O) groups is 1. The van der Waals surface area contributed by atoms with Crippen LogP contribution in [0.2, 0.25) is 0 Å².